The second-order valence-electron chi connectivity index (χ2n) is 4.48. The van der Waals surface area contributed by atoms with Gasteiger partial charge in [0.25, 0.3) is 0 Å². The highest BCUT2D eigenvalue weighted by molar-refractivity contribution is 9.10. The Kier molecular flexibility index (Phi) is 6.15. The van der Waals surface area contributed by atoms with Crippen molar-refractivity contribution < 1.29 is 10.2 Å². The lowest BCUT2D eigenvalue weighted by molar-refractivity contribution is 0.473. The molecule has 2 rings (SSSR count). The average Bonchev–Trinajstić information content (AvgIpc) is 2.46. The highest BCUT2D eigenvalue weighted by Gasteiger charge is 1.99. The largest absolute Gasteiger partial charge is 0.507 e. The summed E-state index contributed by atoms with van der Waals surface area (Å²) in [4.78, 5) is 8.43. The highest BCUT2D eigenvalue weighted by Crippen LogP contribution is 2.21. The van der Waals surface area contributed by atoms with Gasteiger partial charge >= 0.3 is 0 Å². The van der Waals surface area contributed by atoms with Gasteiger partial charge in [0, 0.05) is 32.5 Å². The highest BCUT2D eigenvalue weighted by atomic mass is 79.9. The van der Waals surface area contributed by atoms with E-state index in [2.05, 4.69) is 41.8 Å². The third kappa shape index (κ3) is 4.96. The molecule has 0 aliphatic carbocycles. The Labute approximate surface area is 145 Å². The van der Waals surface area contributed by atoms with E-state index >= 15 is 0 Å². The fourth-order valence-electron chi connectivity index (χ4n) is 1.69. The van der Waals surface area contributed by atoms with Gasteiger partial charge in [-0.2, -0.15) is 0 Å². The van der Waals surface area contributed by atoms with Crippen LogP contribution in [0.25, 0.3) is 0 Å². The van der Waals surface area contributed by atoms with E-state index in [0.717, 1.165) is 8.95 Å². The zero-order valence-corrected chi connectivity index (χ0v) is 14.7. The molecule has 0 spiro atoms. The van der Waals surface area contributed by atoms with Crippen LogP contribution >= 0.6 is 31.9 Å². The Hall–Kier alpha value is -1.66. The molecule has 114 valence electrons. The van der Waals surface area contributed by atoms with Crippen molar-refractivity contribution in [3.8, 4) is 11.5 Å². The lowest BCUT2D eigenvalue weighted by atomic mass is 10.2. The van der Waals surface area contributed by atoms with Gasteiger partial charge in [-0.25, -0.2) is 0 Å². The van der Waals surface area contributed by atoms with Crippen LogP contribution in [0, 0.1) is 0 Å². The minimum atomic E-state index is 0.182. The van der Waals surface area contributed by atoms with E-state index in [9.17, 15) is 10.2 Å². The molecule has 0 aromatic heterocycles. The number of rotatable bonds is 5. The predicted molar refractivity (Wildman–Crippen MR) is 96.5 cm³/mol. The smallest absolute Gasteiger partial charge is 0.125 e. The molecule has 22 heavy (non-hydrogen) atoms. The van der Waals surface area contributed by atoms with Crippen molar-refractivity contribution in [3.63, 3.8) is 0 Å². The summed E-state index contributed by atoms with van der Waals surface area (Å²) < 4.78 is 1.64. The first-order valence-corrected chi connectivity index (χ1v) is 8.11. The van der Waals surface area contributed by atoms with Crippen LogP contribution in [0.5, 0.6) is 11.5 Å². The molecule has 0 saturated carbocycles. The lowest BCUT2D eigenvalue weighted by Gasteiger charge is -1.99. The topological polar surface area (TPSA) is 65.2 Å². The maximum atomic E-state index is 9.71. The number of nitrogens with zero attached hydrogens (tertiary/aromatic N) is 2. The van der Waals surface area contributed by atoms with E-state index < -0.39 is 0 Å². The average molecular weight is 426 g/mol. The first-order valence-electron chi connectivity index (χ1n) is 6.53. The van der Waals surface area contributed by atoms with Gasteiger partial charge in [-0.15, -0.1) is 0 Å². The van der Waals surface area contributed by atoms with Gasteiger partial charge in [-0.05, 0) is 36.4 Å². The van der Waals surface area contributed by atoms with E-state index in [1.165, 1.54) is 0 Å². The predicted octanol–water partition coefficient (Wildman–Crippen LogP) is 4.16. The minimum Gasteiger partial charge on any atom is -0.507 e. The summed E-state index contributed by atoms with van der Waals surface area (Å²) in [5.41, 5.74) is 1.33. The first kappa shape index (κ1) is 16.7. The van der Waals surface area contributed by atoms with Gasteiger partial charge in [0.1, 0.15) is 11.5 Å². The Balaban J connectivity index is 1.86. The summed E-state index contributed by atoms with van der Waals surface area (Å²) in [6.45, 7) is 1.01. The molecule has 6 heteroatoms. The summed E-state index contributed by atoms with van der Waals surface area (Å²) in [5.74, 6) is 0.364. The molecule has 0 fully saturated rings. The number of aromatic hydroxyl groups is 2. The number of aliphatic imine (C=N–C) groups is 2. The van der Waals surface area contributed by atoms with Crippen LogP contribution in [-0.4, -0.2) is 35.7 Å². The van der Waals surface area contributed by atoms with Gasteiger partial charge in [0.15, 0.2) is 0 Å². The molecule has 0 saturated heterocycles. The second kappa shape index (κ2) is 8.10. The molecule has 0 atom stereocenters. The Morgan fingerprint density at radius 2 is 1.18 bits per heavy atom. The van der Waals surface area contributed by atoms with Crippen molar-refractivity contribution >= 4 is 44.3 Å². The van der Waals surface area contributed by atoms with Gasteiger partial charge in [-0.3, -0.25) is 9.98 Å². The van der Waals surface area contributed by atoms with E-state index in [-0.39, 0.29) is 11.5 Å². The van der Waals surface area contributed by atoms with Crippen molar-refractivity contribution in [2.75, 3.05) is 13.1 Å². The Bertz CT molecular complexity index is 654. The number of halogens is 2. The van der Waals surface area contributed by atoms with Gasteiger partial charge in [0.05, 0.1) is 13.1 Å². The molecule has 2 aromatic rings. The molecule has 2 aromatic carbocycles. The number of hydrogen-bond acceptors (Lipinski definition) is 4. The summed E-state index contributed by atoms with van der Waals surface area (Å²) in [7, 11) is 0. The van der Waals surface area contributed by atoms with Crippen LogP contribution in [0.15, 0.2) is 55.3 Å². The zero-order valence-electron chi connectivity index (χ0n) is 11.6. The molecule has 2 N–H and O–H groups in total. The summed E-state index contributed by atoms with van der Waals surface area (Å²) >= 11 is 6.57. The molecule has 0 heterocycles. The Morgan fingerprint density at radius 1 is 0.773 bits per heavy atom. The maximum Gasteiger partial charge on any atom is 0.125 e. The SMILES string of the molecule is Oc1cc(Br)ccc1C=NCCN=Cc1ccc(Br)cc1O. The molecule has 0 bridgehead atoms. The third-order valence-electron chi connectivity index (χ3n) is 2.80. The first-order chi connectivity index (χ1) is 10.6. The molecule has 0 radical (unpaired) electrons. The standard InChI is InChI=1S/C16H14Br2N2O2/c17-13-3-1-11(15(21)7-13)9-19-5-6-20-10-12-2-4-14(18)8-16(12)22/h1-4,7-10,21-22H,5-6H2. The monoisotopic (exact) mass is 424 g/mol. The van der Waals surface area contributed by atoms with Crippen LogP contribution in [0.3, 0.4) is 0 Å². The molecular weight excluding hydrogens is 412 g/mol. The summed E-state index contributed by atoms with van der Waals surface area (Å²) in [6.07, 6.45) is 3.24. The molecular formula is C16H14Br2N2O2. The van der Waals surface area contributed by atoms with Crippen molar-refractivity contribution in [3.05, 3.63) is 56.5 Å². The van der Waals surface area contributed by atoms with E-state index in [4.69, 9.17) is 0 Å². The molecule has 4 nitrogen and oxygen atoms in total. The fraction of sp³-hybridized carbons (Fsp3) is 0.125. The maximum absolute atomic E-state index is 9.71. The molecule has 0 amide bonds. The fourth-order valence-corrected chi connectivity index (χ4v) is 2.39. The van der Waals surface area contributed by atoms with Crippen LogP contribution in [0.1, 0.15) is 11.1 Å². The van der Waals surface area contributed by atoms with Crippen LogP contribution in [0.4, 0.5) is 0 Å². The zero-order chi connectivity index (χ0) is 15.9. The van der Waals surface area contributed by atoms with Crippen LogP contribution in [-0.2, 0) is 0 Å². The summed E-state index contributed by atoms with van der Waals surface area (Å²) in [5, 5.41) is 19.4. The minimum absolute atomic E-state index is 0.182. The molecule has 0 unspecified atom stereocenters. The quantitative estimate of drug-likeness (QED) is 0.557. The van der Waals surface area contributed by atoms with E-state index in [1.807, 2.05) is 12.1 Å². The normalized spacial score (nSPS) is 11.5. The Morgan fingerprint density at radius 3 is 1.55 bits per heavy atom. The van der Waals surface area contributed by atoms with Crippen molar-refractivity contribution in [2.45, 2.75) is 0 Å². The van der Waals surface area contributed by atoms with Crippen LogP contribution in [0.2, 0.25) is 0 Å². The van der Waals surface area contributed by atoms with Gasteiger partial charge in [-0.1, -0.05) is 31.9 Å². The van der Waals surface area contributed by atoms with Crippen LogP contribution < -0.4 is 0 Å². The lowest BCUT2D eigenvalue weighted by Crippen LogP contribution is -1.91. The molecule has 0 aliphatic heterocycles. The van der Waals surface area contributed by atoms with Gasteiger partial charge < -0.3 is 10.2 Å². The second-order valence-corrected chi connectivity index (χ2v) is 6.31. The van der Waals surface area contributed by atoms with Crippen molar-refractivity contribution in [1.29, 1.82) is 0 Å². The number of hydrogen-bond donors (Lipinski definition) is 2. The summed E-state index contributed by atoms with van der Waals surface area (Å²) in [6, 6.07) is 10.5. The number of benzene rings is 2. The molecule has 0 aliphatic rings. The number of phenols is 2. The number of phenolic OH excluding ortho intramolecular Hbond substituents is 2. The van der Waals surface area contributed by atoms with Gasteiger partial charge in [0.2, 0.25) is 0 Å². The van der Waals surface area contributed by atoms with Crippen molar-refractivity contribution in [1.82, 2.24) is 0 Å². The third-order valence-corrected chi connectivity index (χ3v) is 3.79. The van der Waals surface area contributed by atoms with Crippen molar-refractivity contribution in [2.24, 2.45) is 9.98 Å². The van der Waals surface area contributed by atoms with E-state index in [1.54, 1.807) is 36.7 Å². The van der Waals surface area contributed by atoms with E-state index in [0.29, 0.717) is 24.2 Å².